The van der Waals surface area contributed by atoms with Crippen LogP contribution < -0.4 is 5.32 Å². The van der Waals surface area contributed by atoms with Crippen LogP contribution in [0.4, 0.5) is 26.3 Å². The minimum Gasteiger partial charge on any atom is -0.317 e. The van der Waals surface area contributed by atoms with Crippen molar-refractivity contribution in [2.45, 2.75) is 216 Å². The molecular weight excluding hydrogens is 1250 g/mol. The first-order valence-corrected chi connectivity index (χ1v) is 36.2. The average molecular weight is 1350 g/mol. The normalized spacial score (nSPS) is 20.6. The van der Waals surface area contributed by atoms with E-state index in [1.54, 1.807) is 19.1 Å². The number of rotatable bonds is 11. The summed E-state index contributed by atoms with van der Waals surface area (Å²) in [5.41, 5.74) is 10.0. The van der Waals surface area contributed by atoms with Crippen LogP contribution in [0.2, 0.25) is 0 Å². The zero-order chi connectivity index (χ0) is 63.7. The highest BCUT2D eigenvalue weighted by Crippen LogP contribution is 2.43. The van der Waals surface area contributed by atoms with Gasteiger partial charge in [0.2, 0.25) is 0 Å². The van der Waals surface area contributed by atoms with Gasteiger partial charge in [0.25, 0.3) is 0 Å². The largest absolute Gasteiger partial charge is 0.317 e. The van der Waals surface area contributed by atoms with Crippen LogP contribution >= 0.6 is 28.3 Å². The molecule has 1 N–H and O–H groups in total. The molecule has 4 nitrogen and oxygen atoms in total. The number of benzene rings is 4. The first-order valence-electron chi connectivity index (χ1n) is 32.5. The molecule has 4 aromatic rings. The molecule has 7 aliphatic rings. The monoisotopic (exact) mass is 1350 g/mol. The summed E-state index contributed by atoms with van der Waals surface area (Å²) in [6, 6.07) is 18.4. The van der Waals surface area contributed by atoms with Crippen LogP contribution in [0.1, 0.15) is 218 Å². The van der Waals surface area contributed by atoms with Gasteiger partial charge in [0.1, 0.15) is 5.78 Å². The lowest BCUT2D eigenvalue weighted by molar-refractivity contribution is -0.121. The number of Topliss-reactive ketones (excluding diaryl/α,β-unsaturated/α-hetero) is 1. The van der Waals surface area contributed by atoms with Crippen molar-refractivity contribution in [3.8, 4) is 11.1 Å². The van der Waals surface area contributed by atoms with Gasteiger partial charge in [-0.1, -0.05) is 153 Å². The van der Waals surface area contributed by atoms with Crippen molar-refractivity contribution in [2.75, 3.05) is 13.1 Å². The molecule has 6 aliphatic carbocycles. The number of carbonyl (C=O) groups is 3. The molecule has 486 valence electrons. The van der Waals surface area contributed by atoms with E-state index >= 15 is 0 Å². The molecule has 0 spiro atoms. The molecule has 0 amide bonds. The predicted molar refractivity (Wildman–Crippen MR) is 364 cm³/mol. The summed E-state index contributed by atoms with van der Waals surface area (Å²) in [6.45, 7) is 17.9. The lowest BCUT2D eigenvalue weighted by Gasteiger charge is -2.33. The summed E-state index contributed by atoms with van der Waals surface area (Å²) in [5, 5.41) is 3.22. The fourth-order valence-electron chi connectivity index (χ4n) is 13.0. The summed E-state index contributed by atoms with van der Waals surface area (Å²) in [7, 11) is 0. The van der Waals surface area contributed by atoms with Gasteiger partial charge < -0.3 is 5.32 Å². The highest BCUT2D eigenvalue weighted by atomic mass is 80.9. The van der Waals surface area contributed by atoms with Gasteiger partial charge >= 0.3 is 0 Å². The van der Waals surface area contributed by atoms with E-state index in [4.69, 9.17) is 0 Å². The van der Waals surface area contributed by atoms with E-state index in [1.807, 2.05) is 12.1 Å². The maximum absolute atomic E-state index is 13.4. The molecule has 0 bridgehead atoms. The number of nitrogens with one attached hydrogen (secondary N) is 1. The molecule has 11 rings (SSSR count). The van der Waals surface area contributed by atoms with Gasteiger partial charge in [-0.3, -0.25) is 14.4 Å². The van der Waals surface area contributed by atoms with Crippen LogP contribution in [-0.2, 0) is 27.2 Å². The van der Waals surface area contributed by atoms with Gasteiger partial charge in [-0.25, -0.2) is 26.3 Å². The van der Waals surface area contributed by atoms with Gasteiger partial charge in [-0.2, -0.15) is 0 Å². The summed E-state index contributed by atoms with van der Waals surface area (Å²) in [6.07, 6.45) is 38.9. The topological polar surface area (TPSA) is 63.2 Å². The standard InChI is InChI=1S/C19H22F2.C19H20F2.C13H20O.C9H16O.C7H6F2.C4H9N.C4H6O.CH4.Br2/c2*1-2-3-13-4-5-15-11-16(7-6-14(15)10-13)17-8-9-18(20)19(21)12-17;1-2-3-10-4-5-12-9-13(14)7-6-11(12)8-10;1-2-3-8-4-6-9(10)7-5-8;1-5-2-3-6(8)7(9)4-5;1-2-4-5-3-1;1-3-4(2)5;;1-2/h7-9,11-14H,2-6,10H2,1H3;6-9,11-13H,2-5,10H2,1H3;9-11H,2-8H2,1H3;8H,2-7H2,1H3;2-4H,1H3;5H,1-4H2;3H,1H2,2H3;1H4;. The highest BCUT2D eigenvalue weighted by Gasteiger charge is 2.29. The molecule has 1 saturated heterocycles. The number of aryl methyl sites for hydroxylation is 2. The molecule has 0 radical (unpaired) electrons. The second-order valence-electron chi connectivity index (χ2n) is 24.7. The highest BCUT2D eigenvalue weighted by molar-refractivity contribution is 9.93. The first kappa shape index (κ1) is 77.6. The van der Waals surface area contributed by atoms with Crippen molar-refractivity contribution in [3.63, 3.8) is 0 Å². The number of ketones is 3. The Morgan fingerprint density at radius 3 is 1.53 bits per heavy atom. The summed E-state index contributed by atoms with van der Waals surface area (Å²) < 4.78 is 77.1. The third-order valence-corrected chi connectivity index (χ3v) is 17.8. The number of hydrogen-bond acceptors (Lipinski definition) is 4. The minimum absolute atomic E-state index is 0. The summed E-state index contributed by atoms with van der Waals surface area (Å²) in [4.78, 5) is 31.8. The predicted octanol–water partition coefficient (Wildman–Crippen LogP) is 23.2. The molecule has 12 heteroatoms. The lowest BCUT2D eigenvalue weighted by Crippen LogP contribution is -2.22. The van der Waals surface area contributed by atoms with Crippen LogP contribution in [0.5, 0.6) is 0 Å². The van der Waals surface area contributed by atoms with Gasteiger partial charge in [0, 0.05) is 47.5 Å². The second-order valence-corrected chi connectivity index (χ2v) is 24.7. The number of carbonyl (C=O) groups excluding carboxylic acids is 3. The molecule has 5 unspecified atom stereocenters. The Hall–Kier alpha value is -4.65. The number of halogens is 8. The van der Waals surface area contributed by atoms with Gasteiger partial charge in [-0.15, -0.1) is 0 Å². The van der Waals surface area contributed by atoms with Crippen molar-refractivity contribution < 1.29 is 40.7 Å². The maximum Gasteiger partial charge on any atom is 0.159 e. The number of hydrogen-bond donors (Lipinski definition) is 1. The van der Waals surface area contributed by atoms with Gasteiger partial charge in [-0.05, 0) is 246 Å². The Labute approximate surface area is 541 Å². The van der Waals surface area contributed by atoms with E-state index in [2.05, 4.69) is 92.1 Å². The van der Waals surface area contributed by atoms with E-state index in [0.29, 0.717) is 17.5 Å². The zero-order valence-electron chi connectivity index (χ0n) is 53.0. The zero-order valence-corrected chi connectivity index (χ0v) is 56.1. The Balaban J connectivity index is 0.000000282. The molecule has 3 saturated carbocycles. The number of allylic oxidation sites excluding steroid dienone is 7. The van der Waals surface area contributed by atoms with Crippen LogP contribution in [0, 0.1) is 77.3 Å². The molecule has 88 heavy (non-hydrogen) atoms. The lowest BCUT2D eigenvalue weighted by atomic mass is 9.72. The van der Waals surface area contributed by atoms with E-state index in [9.17, 15) is 40.7 Å². The molecule has 4 aromatic carbocycles. The molecule has 1 aliphatic heterocycles. The number of fused-ring (bicyclic) bond motifs is 3. The van der Waals surface area contributed by atoms with E-state index < -0.39 is 34.9 Å². The fraction of sp³-hybridized carbons (Fsp3) is 0.539. The summed E-state index contributed by atoms with van der Waals surface area (Å²) in [5.74, 6) is 1.08. The second kappa shape index (κ2) is 43.2. The van der Waals surface area contributed by atoms with Crippen LogP contribution in [0.15, 0.2) is 115 Å². The van der Waals surface area contributed by atoms with Crippen LogP contribution in [0.3, 0.4) is 0 Å². The molecule has 1 heterocycles. The van der Waals surface area contributed by atoms with Crippen molar-refractivity contribution in [2.24, 2.45) is 35.5 Å². The van der Waals surface area contributed by atoms with Crippen molar-refractivity contribution in [1.29, 1.82) is 0 Å². The summed E-state index contributed by atoms with van der Waals surface area (Å²) >= 11 is 5.50. The Kier molecular flexibility index (Phi) is 38.1. The Bertz CT molecular complexity index is 2840. The molecular formula is C76H103Br2F6NO3. The van der Waals surface area contributed by atoms with Crippen molar-refractivity contribution in [3.05, 3.63) is 172 Å². The fourth-order valence-corrected chi connectivity index (χ4v) is 13.0. The van der Waals surface area contributed by atoms with Crippen LogP contribution in [-0.4, -0.2) is 30.4 Å². The van der Waals surface area contributed by atoms with Crippen molar-refractivity contribution in [1.82, 2.24) is 5.32 Å². The third-order valence-electron chi connectivity index (χ3n) is 17.8. The Morgan fingerprint density at radius 1 is 0.545 bits per heavy atom. The molecule has 0 aromatic heterocycles. The minimum atomic E-state index is -0.792. The quantitative estimate of drug-likeness (QED) is 0.120. The smallest absolute Gasteiger partial charge is 0.159 e. The maximum atomic E-state index is 13.4. The van der Waals surface area contributed by atoms with E-state index in [0.717, 1.165) is 134 Å². The molecule has 5 atom stereocenters. The average Bonchev–Trinajstić information content (AvgIpc) is 3.08. The van der Waals surface area contributed by atoms with Gasteiger partial charge in [0.15, 0.2) is 46.5 Å². The SMILES string of the molecule is BrBr.C.C1CCNC1.C=CC(C)=O.CCCC1CCC(=O)CC1.CCCC1CCC2=CC(=O)CCC2C1.CCCC1CCC2=CC(c3ccc(F)c(F)c3)=CCC2C1.CCCC1CCc2cc(-c3ccc(F)c(F)c3)ccc2C1.Cc1ccc(F)c(F)c1. The van der Waals surface area contributed by atoms with Crippen molar-refractivity contribution >= 4 is 51.2 Å². The first-order chi connectivity index (χ1) is 41.9. The van der Waals surface area contributed by atoms with E-state index in [-0.39, 0.29) is 13.2 Å². The van der Waals surface area contributed by atoms with E-state index in [1.165, 1.54) is 181 Å². The van der Waals surface area contributed by atoms with Gasteiger partial charge in [0.05, 0.1) is 0 Å². The third kappa shape index (κ3) is 27.8. The van der Waals surface area contributed by atoms with Crippen LogP contribution in [0.25, 0.3) is 16.7 Å². The molecule has 4 fully saturated rings. The Morgan fingerprint density at radius 2 is 1.01 bits per heavy atom.